The summed E-state index contributed by atoms with van der Waals surface area (Å²) >= 11 is 5.45. The number of nitrogens with zero attached hydrogens (tertiary/aromatic N) is 3. The third-order valence-corrected chi connectivity index (χ3v) is 12.7. The van der Waals surface area contributed by atoms with Crippen LogP contribution in [0.2, 0.25) is 0 Å². The maximum atomic E-state index is 5.55. The molecule has 0 atom stereocenters. The van der Waals surface area contributed by atoms with Crippen LogP contribution in [0.25, 0.3) is 99.7 Å². The summed E-state index contributed by atoms with van der Waals surface area (Å²) < 4.78 is 8.65. The Morgan fingerprint density at radius 2 is 1.09 bits per heavy atom. The van der Waals surface area contributed by atoms with E-state index in [1.165, 1.54) is 61.2 Å². The van der Waals surface area contributed by atoms with Crippen LogP contribution in [0.1, 0.15) is 0 Å². The second-order valence-electron chi connectivity index (χ2n) is 11.7. The Hall–Kier alpha value is -5.14. The molecule has 0 N–H and O–H groups in total. The predicted molar refractivity (Wildman–Crippen MR) is 200 cm³/mol. The van der Waals surface area contributed by atoms with Crippen LogP contribution in [0.4, 0.5) is 0 Å². The molecule has 0 spiro atoms. The molecule has 46 heavy (non-hydrogen) atoms. The normalized spacial score (nSPS) is 12.3. The van der Waals surface area contributed by atoms with Crippen molar-refractivity contribution in [1.29, 1.82) is 0 Å². The van der Waals surface area contributed by atoms with Gasteiger partial charge < -0.3 is 0 Å². The van der Waals surface area contributed by atoms with Gasteiger partial charge in [0.05, 0.1) is 16.7 Å². The first-order valence-electron chi connectivity index (χ1n) is 15.2. The van der Waals surface area contributed by atoms with Crippen molar-refractivity contribution in [3.05, 3.63) is 127 Å². The van der Waals surface area contributed by atoms with Gasteiger partial charge >= 0.3 is 0 Å². The smallest absolute Gasteiger partial charge is 0.236 e. The van der Waals surface area contributed by atoms with E-state index in [9.17, 15) is 0 Å². The van der Waals surface area contributed by atoms with Gasteiger partial charge in [-0.05, 0) is 36.4 Å². The zero-order valence-corrected chi connectivity index (χ0v) is 26.6. The van der Waals surface area contributed by atoms with Crippen molar-refractivity contribution >= 4 is 116 Å². The number of rotatable bonds is 2. The second-order valence-corrected chi connectivity index (χ2v) is 14.9. The first kappa shape index (κ1) is 25.1. The Morgan fingerprint density at radius 1 is 0.435 bits per heavy atom. The Bertz CT molecular complexity index is 3050. The van der Waals surface area contributed by atoms with E-state index in [4.69, 9.17) is 9.97 Å². The highest BCUT2D eigenvalue weighted by Gasteiger charge is 2.22. The standard InChI is InChI=1S/C40H21N3S3/c1-5-16-30-22(10-1)28-20-29-24-12-3-6-17-32(24)44-35(29)21-31(28)43(30)40-41-37(36-26-13-4-8-19-34(26)46-39(36)42-40)27-15-9-14-25-23-11-2-7-18-33(23)45-38(25)27/h1-21H. The number of aromatic nitrogens is 3. The first-order valence-corrected chi connectivity index (χ1v) is 17.7. The molecular formula is C40H21N3S3. The van der Waals surface area contributed by atoms with Crippen molar-refractivity contribution in [1.82, 2.24) is 14.5 Å². The lowest BCUT2D eigenvalue weighted by Crippen LogP contribution is -2.02. The highest BCUT2D eigenvalue weighted by atomic mass is 32.1. The molecule has 214 valence electrons. The van der Waals surface area contributed by atoms with Gasteiger partial charge in [-0.2, -0.15) is 0 Å². The van der Waals surface area contributed by atoms with Crippen molar-refractivity contribution in [3.63, 3.8) is 0 Å². The van der Waals surface area contributed by atoms with Crippen molar-refractivity contribution < 1.29 is 0 Å². The van der Waals surface area contributed by atoms with Gasteiger partial charge in [-0.25, -0.2) is 9.97 Å². The van der Waals surface area contributed by atoms with Gasteiger partial charge in [-0.1, -0.05) is 91.0 Å². The maximum absolute atomic E-state index is 5.55. The highest BCUT2D eigenvalue weighted by Crippen LogP contribution is 2.45. The molecule has 0 saturated carbocycles. The van der Waals surface area contributed by atoms with Crippen LogP contribution in [0.15, 0.2) is 127 Å². The minimum absolute atomic E-state index is 0.707. The minimum atomic E-state index is 0.707. The number of benzene rings is 6. The van der Waals surface area contributed by atoms with Crippen molar-refractivity contribution in [2.24, 2.45) is 0 Å². The van der Waals surface area contributed by atoms with Crippen LogP contribution in [-0.2, 0) is 0 Å². The summed E-state index contributed by atoms with van der Waals surface area (Å²) in [5.74, 6) is 0.707. The largest absolute Gasteiger partial charge is 0.278 e. The fourth-order valence-corrected chi connectivity index (χ4v) is 10.7. The van der Waals surface area contributed by atoms with Crippen molar-refractivity contribution in [2.45, 2.75) is 0 Å². The summed E-state index contributed by atoms with van der Waals surface area (Å²) in [6.45, 7) is 0. The topological polar surface area (TPSA) is 30.7 Å². The fourth-order valence-electron chi connectivity index (χ4n) is 7.24. The molecule has 0 bridgehead atoms. The summed E-state index contributed by atoms with van der Waals surface area (Å²) in [7, 11) is 0. The Balaban J connectivity index is 1.29. The van der Waals surface area contributed by atoms with Gasteiger partial charge in [0.1, 0.15) is 4.83 Å². The van der Waals surface area contributed by atoms with Gasteiger partial charge in [0.15, 0.2) is 0 Å². The summed E-state index contributed by atoms with van der Waals surface area (Å²) in [5.41, 5.74) is 4.39. The molecule has 0 aliphatic rings. The number of thiophene rings is 3. The summed E-state index contributed by atoms with van der Waals surface area (Å²) in [6.07, 6.45) is 0. The van der Waals surface area contributed by atoms with Crippen molar-refractivity contribution in [2.75, 3.05) is 0 Å². The molecule has 0 aliphatic heterocycles. The molecule has 5 aromatic heterocycles. The maximum Gasteiger partial charge on any atom is 0.236 e. The number of hydrogen-bond acceptors (Lipinski definition) is 5. The fraction of sp³-hybridized carbons (Fsp3) is 0. The summed E-state index contributed by atoms with van der Waals surface area (Å²) in [5, 5.41) is 9.94. The molecule has 0 radical (unpaired) electrons. The SMILES string of the molecule is c1ccc2c(c1)sc1cc3c(cc12)c1ccccc1n3-c1nc(-c2cccc3c2sc2ccccc23)c2c(n1)sc1ccccc12. The molecule has 0 saturated heterocycles. The molecule has 0 unspecified atom stereocenters. The number of para-hydroxylation sites is 1. The Labute approximate surface area is 274 Å². The van der Waals surface area contributed by atoms with Crippen LogP contribution < -0.4 is 0 Å². The van der Waals surface area contributed by atoms with E-state index in [0.717, 1.165) is 32.5 Å². The average Bonchev–Trinajstić information content (AvgIpc) is 3.85. The van der Waals surface area contributed by atoms with E-state index in [1.807, 2.05) is 22.7 Å². The molecular weight excluding hydrogens is 619 g/mol. The molecule has 11 aromatic rings. The number of hydrogen-bond donors (Lipinski definition) is 0. The van der Waals surface area contributed by atoms with E-state index >= 15 is 0 Å². The molecule has 5 heterocycles. The average molecular weight is 640 g/mol. The molecule has 6 aromatic carbocycles. The van der Waals surface area contributed by atoms with Crippen LogP contribution in [0, 0.1) is 0 Å². The third-order valence-electron chi connectivity index (χ3n) is 9.26. The molecule has 0 amide bonds. The molecule has 11 rings (SSSR count). The lowest BCUT2D eigenvalue weighted by atomic mass is 10.0. The van der Waals surface area contributed by atoms with Gasteiger partial charge in [0.2, 0.25) is 5.95 Å². The predicted octanol–water partition coefficient (Wildman–Crippen LogP) is 12.3. The van der Waals surface area contributed by atoms with Crippen molar-refractivity contribution in [3.8, 4) is 17.2 Å². The van der Waals surface area contributed by atoms with Gasteiger partial charge in [0.25, 0.3) is 0 Å². The lowest BCUT2D eigenvalue weighted by molar-refractivity contribution is 1.02. The van der Waals surface area contributed by atoms with E-state index in [1.54, 1.807) is 11.3 Å². The minimum Gasteiger partial charge on any atom is -0.278 e. The van der Waals surface area contributed by atoms with E-state index in [2.05, 4.69) is 132 Å². The second kappa shape index (κ2) is 9.21. The van der Waals surface area contributed by atoms with Crippen LogP contribution >= 0.6 is 34.0 Å². The van der Waals surface area contributed by atoms with Gasteiger partial charge in [-0.3, -0.25) is 4.57 Å². The monoisotopic (exact) mass is 639 g/mol. The zero-order chi connectivity index (χ0) is 29.9. The molecule has 0 aliphatic carbocycles. The van der Waals surface area contributed by atoms with Crippen LogP contribution in [-0.4, -0.2) is 14.5 Å². The van der Waals surface area contributed by atoms with Gasteiger partial charge in [0, 0.05) is 72.2 Å². The van der Waals surface area contributed by atoms with E-state index in [0.29, 0.717) is 5.95 Å². The summed E-state index contributed by atoms with van der Waals surface area (Å²) in [6, 6.07) is 46.1. The van der Waals surface area contributed by atoms with E-state index < -0.39 is 0 Å². The molecule has 3 nitrogen and oxygen atoms in total. The third kappa shape index (κ3) is 3.35. The Morgan fingerprint density at radius 3 is 1.91 bits per heavy atom. The van der Waals surface area contributed by atoms with Crippen LogP contribution in [0.3, 0.4) is 0 Å². The van der Waals surface area contributed by atoms with E-state index in [-0.39, 0.29) is 0 Å². The molecule has 0 fully saturated rings. The van der Waals surface area contributed by atoms with Crippen LogP contribution in [0.5, 0.6) is 0 Å². The number of fused-ring (bicyclic) bond motifs is 12. The summed E-state index contributed by atoms with van der Waals surface area (Å²) in [4.78, 5) is 11.9. The quantitative estimate of drug-likeness (QED) is 0.188. The highest BCUT2D eigenvalue weighted by molar-refractivity contribution is 7.27. The zero-order valence-electron chi connectivity index (χ0n) is 24.2. The molecule has 6 heteroatoms. The van der Waals surface area contributed by atoms with Gasteiger partial charge in [-0.15, -0.1) is 34.0 Å². The Kier molecular flexibility index (Phi) is 5.02. The lowest BCUT2D eigenvalue weighted by Gasteiger charge is -2.11. The first-order chi connectivity index (χ1) is 22.8.